The van der Waals surface area contributed by atoms with Crippen molar-refractivity contribution in [1.29, 1.82) is 0 Å². The van der Waals surface area contributed by atoms with Crippen molar-refractivity contribution < 1.29 is 4.79 Å². The number of unbranched alkanes of at least 4 members (excludes halogenated alkanes) is 3. The fraction of sp³-hybridized carbons (Fsp3) is 0.966. The topological polar surface area (TPSA) is 17.1 Å². The molecule has 172 valence electrons. The van der Waals surface area contributed by atoms with E-state index in [1.807, 2.05) is 0 Å². The van der Waals surface area contributed by atoms with Crippen LogP contribution in [0.3, 0.4) is 0 Å². The van der Waals surface area contributed by atoms with Gasteiger partial charge in [-0.05, 0) is 94.3 Å². The van der Waals surface area contributed by atoms with Gasteiger partial charge in [0.05, 0.1) is 0 Å². The summed E-state index contributed by atoms with van der Waals surface area (Å²) in [5.41, 5.74) is 0.287. The molecule has 0 aliphatic heterocycles. The molecule has 30 heavy (non-hydrogen) atoms. The van der Waals surface area contributed by atoms with Gasteiger partial charge >= 0.3 is 0 Å². The van der Waals surface area contributed by atoms with Crippen LogP contribution in [0, 0.1) is 34.5 Å². The zero-order chi connectivity index (χ0) is 21.0. The second kappa shape index (κ2) is 10.1. The van der Waals surface area contributed by atoms with Crippen molar-refractivity contribution in [3.63, 3.8) is 0 Å². The molecular formula is C29H50O. The minimum Gasteiger partial charge on any atom is -0.298 e. The monoisotopic (exact) mass is 414 g/mol. The van der Waals surface area contributed by atoms with Gasteiger partial charge in [0.15, 0.2) is 0 Å². The number of rotatable bonds is 8. The first-order chi connectivity index (χ1) is 14.6. The van der Waals surface area contributed by atoms with Crippen molar-refractivity contribution in [2.45, 2.75) is 142 Å². The van der Waals surface area contributed by atoms with E-state index >= 15 is 0 Å². The van der Waals surface area contributed by atoms with Gasteiger partial charge in [-0.25, -0.2) is 0 Å². The van der Waals surface area contributed by atoms with Crippen LogP contribution in [0.2, 0.25) is 0 Å². The summed E-state index contributed by atoms with van der Waals surface area (Å²) in [5.74, 6) is 4.63. The Labute approximate surface area is 187 Å². The van der Waals surface area contributed by atoms with E-state index in [9.17, 15) is 4.79 Å². The summed E-state index contributed by atoms with van der Waals surface area (Å²) >= 11 is 0. The van der Waals surface area contributed by atoms with Crippen LogP contribution in [0.5, 0.6) is 0 Å². The van der Waals surface area contributed by atoms with Crippen molar-refractivity contribution in [2.75, 3.05) is 0 Å². The smallest absolute Gasteiger partial charge is 0.145 e. The van der Waals surface area contributed by atoms with Gasteiger partial charge in [0.1, 0.15) is 5.78 Å². The van der Waals surface area contributed by atoms with Crippen LogP contribution in [0.4, 0.5) is 0 Å². The van der Waals surface area contributed by atoms with Gasteiger partial charge in [0.25, 0.3) is 0 Å². The van der Waals surface area contributed by atoms with Crippen molar-refractivity contribution >= 4 is 5.78 Å². The maximum absolute atomic E-state index is 13.5. The van der Waals surface area contributed by atoms with Gasteiger partial charge in [-0.3, -0.25) is 4.79 Å². The molecule has 0 saturated heterocycles. The van der Waals surface area contributed by atoms with Gasteiger partial charge < -0.3 is 0 Å². The Hall–Kier alpha value is -0.330. The van der Waals surface area contributed by atoms with Crippen LogP contribution in [-0.2, 0) is 4.79 Å². The van der Waals surface area contributed by atoms with Crippen molar-refractivity contribution in [1.82, 2.24) is 0 Å². The van der Waals surface area contributed by atoms with E-state index in [-0.39, 0.29) is 10.8 Å². The van der Waals surface area contributed by atoms with Gasteiger partial charge in [0.2, 0.25) is 0 Å². The number of carbonyl (C=O) groups is 1. The van der Waals surface area contributed by atoms with Crippen molar-refractivity contribution in [3.8, 4) is 0 Å². The number of Topliss-reactive ketones (excluding diaryl/α,β-unsaturated/α-hetero) is 1. The highest BCUT2D eigenvalue weighted by atomic mass is 16.1. The van der Waals surface area contributed by atoms with Gasteiger partial charge in [-0.2, -0.15) is 0 Å². The first-order valence-corrected chi connectivity index (χ1v) is 14.2. The molecule has 0 aromatic heterocycles. The summed E-state index contributed by atoms with van der Waals surface area (Å²) in [4.78, 5) is 13.5. The molecule has 0 radical (unpaired) electrons. The fourth-order valence-electron chi connectivity index (χ4n) is 8.47. The Balaban J connectivity index is 1.19. The van der Waals surface area contributed by atoms with Crippen LogP contribution in [-0.4, -0.2) is 5.78 Å². The summed E-state index contributed by atoms with van der Waals surface area (Å²) < 4.78 is 0. The van der Waals surface area contributed by atoms with Crippen molar-refractivity contribution in [2.24, 2.45) is 34.5 Å². The van der Waals surface area contributed by atoms with E-state index in [0.29, 0.717) is 0 Å². The quantitative estimate of drug-likeness (QED) is 0.362. The van der Waals surface area contributed by atoms with Crippen LogP contribution >= 0.6 is 0 Å². The van der Waals surface area contributed by atoms with Crippen LogP contribution in [0.1, 0.15) is 142 Å². The molecule has 1 heteroatoms. The third-order valence-corrected chi connectivity index (χ3v) is 10.4. The summed E-state index contributed by atoms with van der Waals surface area (Å²) in [7, 11) is 0. The molecule has 0 amide bonds. The van der Waals surface area contributed by atoms with Gasteiger partial charge in [0, 0.05) is 10.8 Å². The first kappa shape index (κ1) is 22.8. The fourth-order valence-corrected chi connectivity index (χ4v) is 8.47. The van der Waals surface area contributed by atoms with E-state index in [4.69, 9.17) is 0 Å². The van der Waals surface area contributed by atoms with E-state index in [0.717, 1.165) is 29.5 Å². The van der Waals surface area contributed by atoms with E-state index < -0.39 is 0 Å². The Kier molecular flexibility index (Phi) is 7.68. The van der Waals surface area contributed by atoms with E-state index in [2.05, 4.69) is 13.8 Å². The first-order valence-electron chi connectivity index (χ1n) is 14.2. The molecule has 4 aliphatic carbocycles. The molecule has 1 nitrogen and oxygen atoms in total. The molecule has 4 saturated carbocycles. The third kappa shape index (κ3) is 4.71. The molecule has 0 atom stereocenters. The second-order valence-electron chi connectivity index (χ2n) is 12.3. The van der Waals surface area contributed by atoms with E-state index in [1.165, 1.54) is 128 Å². The average Bonchev–Trinajstić information content (AvgIpc) is 2.79. The van der Waals surface area contributed by atoms with Gasteiger partial charge in [-0.15, -0.1) is 0 Å². The lowest BCUT2D eigenvalue weighted by Gasteiger charge is -2.59. The summed E-state index contributed by atoms with van der Waals surface area (Å²) in [6.45, 7) is 4.64. The number of ketones is 1. The predicted molar refractivity (Wildman–Crippen MR) is 128 cm³/mol. The van der Waals surface area contributed by atoms with Gasteiger partial charge in [-0.1, -0.05) is 71.6 Å². The lowest BCUT2D eigenvalue weighted by molar-refractivity contribution is -0.169. The van der Waals surface area contributed by atoms with Crippen molar-refractivity contribution in [3.05, 3.63) is 0 Å². The minimum atomic E-state index is 0.143. The molecule has 0 aromatic rings. The number of carbonyl (C=O) groups excluding carboxylic acids is 1. The number of hydrogen-bond acceptors (Lipinski definition) is 1. The lowest BCUT2D eigenvalue weighted by atomic mass is 9.42. The molecule has 4 fully saturated rings. The third-order valence-electron chi connectivity index (χ3n) is 10.4. The SMILES string of the molecule is CCCCCCC1CCC2(CC1)CC1(CCC(C3CCC(CCC)CC3)CC1)C2=O. The normalized spacial score (nSPS) is 41.9. The Morgan fingerprint density at radius 1 is 0.633 bits per heavy atom. The highest BCUT2D eigenvalue weighted by Gasteiger charge is 2.63. The van der Waals surface area contributed by atoms with Crippen LogP contribution < -0.4 is 0 Å². The van der Waals surface area contributed by atoms with Crippen LogP contribution in [0.25, 0.3) is 0 Å². The van der Waals surface area contributed by atoms with E-state index in [1.54, 1.807) is 0 Å². The second-order valence-corrected chi connectivity index (χ2v) is 12.3. The summed E-state index contributed by atoms with van der Waals surface area (Å²) in [6, 6.07) is 0. The lowest BCUT2D eigenvalue weighted by Crippen LogP contribution is -2.59. The maximum atomic E-state index is 13.5. The zero-order valence-corrected chi connectivity index (χ0v) is 20.4. The summed E-state index contributed by atoms with van der Waals surface area (Å²) in [5, 5.41) is 0. The number of hydrogen-bond donors (Lipinski definition) is 0. The highest BCUT2D eigenvalue weighted by molar-refractivity contribution is 5.96. The largest absolute Gasteiger partial charge is 0.298 e. The predicted octanol–water partition coefficient (Wildman–Crippen LogP) is 8.89. The minimum absolute atomic E-state index is 0.143. The molecule has 4 rings (SSSR count). The zero-order valence-electron chi connectivity index (χ0n) is 20.4. The average molecular weight is 415 g/mol. The standard InChI is InChI=1S/C29H50O/c1-3-5-6-7-9-24-14-18-28(19-15-24)22-29(27(28)30)20-16-26(17-21-29)25-12-10-23(8-4-2)11-13-25/h23-26H,3-22H2,1-2H3. The maximum Gasteiger partial charge on any atom is 0.145 e. The molecule has 4 aliphatic rings. The molecule has 2 spiro atoms. The molecule has 0 N–H and O–H groups in total. The van der Waals surface area contributed by atoms with Crippen LogP contribution in [0.15, 0.2) is 0 Å². The molecule has 0 heterocycles. The molecule has 0 aromatic carbocycles. The Morgan fingerprint density at radius 2 is 1.20 bits per heavy atom. The highest BCUT2D eigenvalue weighted by Crippen LogP contribution is 2.64. The molecule has 0 unspecified atom stereocenters. The Bertz CT molecular complexity index is 539. The Morgan fingerprint density at radius 3 is 1.77 bits per heavy atom. The summed E-state index contributed by atoms with van der Waals surface area (Å²) in [6.07, 6.45) is 27.4. The molecular weight excluding hydrogens is 364 g/mol. The molecule has 0 bridgehead atoms.